The highest BCUT2D eigenvalue weighted by molar-refractivity contribution is 5.53. The van der Waals surface area contributed by atoms with Crippen molar-refractivity contribution in [2.24, 2.45) is 0 Å². The molecule has 0 radical (unpaired) electrons. The molecule has 0 saturated carbocycles. The van der Waals surface area contributed by atoms with Gasteiger partial charge >= 0.3 is 0 Å². The van der Waals surface area contributed by atoms with E-state index in [-0.39, 0.29) is 6.04 Å². The number of aryl methyl sites for hydroxylation is 1. The number of rotatable bonds is 5. The van der Waals surface area contributed by atoms with Crippen molar-refractivity contribution in [3.63, 3.8) is 0 Å². The first-order valence-corrected chi connectivity index (χ1v) is 8.30. The van der Waals surface area contributed by atoms with Crippen molar-refractivity contribution in [3.05, 3.63) is 65.5 Å². The van der Waals surface area contributed by atoms with Crippen molar-refractivity contribution in [2.75, 3.05) is 5.32 Å². The molecule has 4 heteroatoms. The van der Waals surface area contributed by atoms with Gasteiger partial charge in [0.05, 0.1) is 0 Å². The van der Waals surface area contributed by atoms with Gasteiger partial charge in [-0.1, -0.05) is 43.7 Å². The van der Waals surface area contributed by atoms with Crippen LogP contribution in [0.2, 0.25) is 0 Å². The summed E-state index contributed by atoms with van der Waals surface area (Å²) in [6, 6.07) is 16.5. The zero-order valence-corrected chi connectivity index (χ0v) is 14.6. The summed E-state index contributed by atoms with van der Waals surface area (Å²) < 4.78 is 5.84. The van der Waals surface area contributed by atoms with Crippen molar-refractivity contribution in [1.29, 1.82) is 0 Å². The molecule has 0 bridgehead atoms. The SMILES string of the molecule is Cc1cccc(-c2nnc([C@@H](C)Nc3ccc(C(C)C)cc3)o2)c1. The predicted molar refractivity (Wildman–Crippen MR) is 97.0 cm³/mol. The Morgan fingerprint density at radius 1 is 0.958 bits per heavy atom. The Hall–Kier alpha value is -2.62. The van der Waals surface area contributed by atoms with Gasteiger partial charge in [-0.15, -0.1) is 10.2 Å². The van der Waals surface area contributed by atoms with Crippen LogP contribution < -0.4 is 5.32 Å². The van der Waals surface area contributed by atoms with E-state index in [9.17, 15) is 0 Å². The fourth-order valence-corrected chi connectivity index (χ4v) is 2.58. The van der Waals surface area contributed by atoms with Gasteiger partial charge in [0, 0.05) is 11.3 Å². The Labute approximate surface area is 142 Å². The maximum absolute atomic E-state index is 5.84. The topological polar surface area (TPSA) is 51.0 Å². The van der Waals surface area contributed by atoms with E-state index in [1.54, 1.807) is 0 Å². The molecule has 0 aliphatic rings. The van der Waals surface area contributed by atoms with E-state index in [4.69, 9.17) is 4.42 Å². The molecular formula is C20H23N3O. The molecule has 3 rings (SSSR count). The van der Waals surface area contributed by atoms with Crippen molar-refractivity contribution >= 4 is 5.69 Å². The highest BCUT2D eigenvalue weighted by Gasteiger charge is 2.15. The summed E-state index contributed by atoms with van der Waals surface area (Å²) in [7, 11) is 0. The normalized spacial score (nSPS) is 12.4. The Balaban J connectivity index is 1.72. The lowest BCUT2D eigenvalue weighted by Gasteiger charge is -2.12. The molecule has 0 aliphatic heterocycles. The van der Waals surface area contributed by atoms with Gasteiger partial charge < -0.3 is 9.73 Å². The van der Waals surface area contributed by atoms with Gasteiger partial charge in [0.15, 0.2) is 0 Å². The smallest absolute Gasteiger partial charge is 0.247 e. The monoisotopic (exact) mass is 321 g/mol. The van der Waals surface area contributed by atoms with Crippen LogP contribution in [0.4, 0.5) is 5.69 Å². The van der Waals surface area contributed by atoms with Gasteiger partial charge in [0.2, 0.25) is 11.8 Å². The van der Waals surface area contributed by atoms with Crippen molar-refractivity contribution in [3.8, 4) is 11.5 Å². The zero-order chi connectivity index (χ0) is 17.1. The zero-order valence-electron chi connectivity index (χ0n) is 14.6. The molecule has 1 heterocycles. The van der Waals surface area contributed by atoms with Crippen molar-refractivity contribution < 1.29 is 4.42 Å². The summed E-state index contributed by atoms with van der Waals surface area (Å²) in [6.07, 6.45) is 0. The molecule has 1 atom stereocenters. The number of anilines is 1. The molecule has 0 saturated heterocycles. The third-order valence-electron chi connectivity index (χ3n) is 4.04. The van der Waals surface area contributed by atoms with E-state index in [0.717, 1.165) is 11.3 Å². The summed E-state index contributed by atoms with van der Waals surface area (Å²) in [6.45, 7) is 8.45. The van der Waals surface area contributed by atoms with Crippen LogP contribution in [0.3, 0.4) is 0 Å². The second kappa shape index (κ2) is 6.87. The summed E-state index contributed by atoms with van der Waals surface area (Å²) in [5.41, 5.74) is 4.49. The lowest BCUT2D eigenvalue weighted by Crippen LogP contribution is -2.07. The molecule has 0 amide bonds. The Morgan fingerprint density at radius 3 is 2.38 bits per heavy atom. The maximum Gasteiger partial charge on any atom is 0.247 e. The Morgan fingerprint density at radius 2 is 1.71 bits per heavy atom. The third kappa shape index (κ3) is 3.65. The van der Waals surface area contributed by atoms with E-state index >= 15 is 0 Å². The average molecular weight is 321 g/mol. The van der Waals surface area contributed by atoms with Gasteiger partial charge in [-0.3, -0.25) is 0 Å². The molecule has 3 aromatic rings. The van der Waals surface area contributed by atoms with Gasteiger partial charge in [0.1, 0.15) is 6.04 Å². The minimum Gasteiger partial charge on any atom is -0.418 e. The predicted octanol–water partition coefficient (Wildman–Crippen LogP) is 5.34. The first-order valence-electron chi connectivity index (χ1n) is 8.30. The average Bonchev–Trinajstić information content (AvgIpc) is 3.05. The maximum atomic E-state index is 5.84. The summed E-state index contributed by atoms with van der Waals surface area (Å²) in [4.78, 5) is 0. The molecule has 1 N–H and O–H groups in total. The van der Waals surface area contributed by atoms with E-state index in [2.05, 4.69) is 53.6 Å². The fraction of sp³-hybridized carbons (Fsp3) is 0.300. The van der Waals surface area contributed by atoms with Crippen LogP contribution in [0.25, 0.3) is 11.5 Å². The molecule has 24 heavy (non-hydrogen) atoms. The molecule has 0 aliphatic carbocycles. The minimum atomic E-state index is -0.0547. The largest absolute Gasteiger partial charge is 0.418 e. The quantitative estimate of drug-likeness (QED) is 0.689. The standard InChI is InChI=1S/C20H23N3O/c1-13(2)16-8-10-18(11-9-16)21-15(4)19-22-23-20(24-19)17-7-5-6-14(3)12-17/h5-13,15,21H,1-4H3/t15-/m1/s1. The van der Waals surface area contributed by atoms with E-state index in [1.165, 1.54) is 11.1 Å². The molecule has 1 aromatic heterocycles. The lowest BCUT2D eigenvalue weighted by atomic mass is 10.0. The molecule has 2 aromatic carbocycles. The van der Waals surface area contributed by atoms with Crippen LogP contribution in [0.15, 0.2) is 52.9 Å². The summed E-state index contributed by atoms with van der Waals surface area (Å²) >= 11 is 0. The lowest BCUT2D eigenvalue weighted by molar-refractivity contribution is 0.485. The van der Waals surface area contributed by atoms with Gasteiger partial charge in [-0.2, -0.15) is 0 Å². The number of hydrogen-bond acceptors (Lipinski definition) is 4. The molecule has 0 unspecified atom stereocenters. The van der Waals surface area contributed by atoms with Crippen molar-refractivity contribution in [2.45, 2.75) is 39.7 Å². The number of benzene rings is 2. The number of nitrogens with zero attached hydrogens (tertiary/aromatic N) is 2. The third-order valence-corrected chi connectivity index (χ3v) is 4.04. The first kappa shape index (κ1) is 16.2. The summed E-state index contributed by atoms with van der Waals surface area (Å²) in [5.74, 6) is 1.67. The Bertz CT molecular complexity index is 806. The minimum absolute atomic E-state index is 0.0547. The van der Waals surface area contributed by atoms with E-state index < -0.39 is 0 Å². The van der Waals surface area contributed by atoms with Crippen LogP contribution in [0, 0.1) is 6.92 Å². The molecule has 0 fully saturated rings. The second-order valence-electron chi connectivity index (χ2n) is 6.46. The van der Waals surface area contributed by atoms with Gasteiger partial charge in [0.25, 0.3) is 0 Å². The highest BCUT2D eigenvalue weighted by Crippen LogP contribution is 2.24. The van der Waals surface area contributed by atoms with Crippen LogP contribution >= 0.6 is 0 Å². The van der Waals surface area contributed by atoms with Gasteiger partial charge in [-0.25, -0.2) is 0 Å². The molecule has 0 spiro atoms. The molecular weight excluding hydrogens is 298 g/mol. The highest BCUT2D eigenvalue weighted by atomic mass is 16.4. The van der Waals surface area contributed by atoms with Gasteiger partial charge in [-0.05, 0) is 49.6 Å². The Kier molecular flexibility index (Phi) is 4.65. The molecule has 124 valence electrons. The fourth-order valence-electron chi connectivity index (χ4n) is 2.58. The number of nitrogens with one attached hydrogen (secondary N) is 1. The van der Waals surface area contributed by atoms with E-state index in [1.807, 2.05) is 38.1 Å². The van der Waals surface area contributed by atoms with Crippen LogP contribution in [-0.4, -0.2) is 10.2 Å². The second-order valence-corrected chi connectivity index (χ2v) is 6.46. The molecule has 4 nitrogen and oxygen atoms in total. The van der Waals surface area contributed by atoms with Crippen LogP contribution in [0.5, 0.6) is 0 Å². The summed E-state index contributed by atoms with van der Waals surface area (Å²) in [5, 5.41) is 11.8. The number of aromatic nitrogens is 2. The first-order chi connectivity index (χ1) is 11.5. The van der Waals surface area contributed by atoms with Crippen LogP contribution in [-0.2, 0) is 0 Å². The van der Waals surface area contributed by atoms with E-state index in [0.29, 0.717) is 17.7 Å². The van der Waals surface area contributed by atoms with Crippen molar-refractivity contribution in [1.82, 2.24) is 10.2 Å². The number of hydrogen-bond donors (Lipinski definition) is 1. The van der Waals surface area contributed by atoms with Crippen LogP contribution in [0.1, 0.15) is 49.7 Å².